The van der Waals surface area contributed by atoms with Gasteiger partial charge in [0.1, 0.15) is 5.69 Å². The second-order valence-electron chi connectivity index (χ2n) is 4.79. The van der Waals surface area contributed by atoms with Crippen LogP contribution in [0.15, 0.2) is 30.5 Å². The zero-order valence-electron chi connectivity index (χ0n) is 10.9. The highest BCUT2D eigenvalue weighted by Gasteiger charge is 2.26. The van der Waals surface area contributed by atoms with Gasteiger partial charge in [-0.3, -0.25) is 9.48 Å². The molecule has 1 aromatic carbocycles. The largest absolute Gasteiger partial charge is 0.478 e. The standard InChI is InChI=1S/C14H13N3O3/c1-16-12(4-5-15-16)13(18)17-7-10-3-2-9(14(19)20)6-11(10)8-17/h2-6H,7-8H2,1H3,(H,19,20). The molecule has 20 heavy (non-hydrogen) atoms. The van der Waals surface area contributed by atoms with Crippen molar-refractivity contribution in [3.8, 4) is 0 Å². The zero-order chi connectivity index (χ0) is 14.3. The van der Waals surface area contributed by atoms with Gasteiger partial charge >= 0.3 is 5.97 Å². The van der Waals surface area contributed by atoms with E-state index < -0.39 is 5.97 Å². The van der Waals surface area contributed by atoms with Crippen LogP contribution in [-0.4, -0.2) is 31.7 Å². The first-order chi connectivity index (χ1) is 9.56. The minimum absolute atomic E-state index is 0.0990. The van der Waals surface area contributed by atoms with Gasteiger partial charge in [-0.15, -0.1) is 0 Å². The van der Waals surface area contributed by atoms with Gasteiger partial charge in [0.2, 0.25) is 0 Å². The number of fused-ring (bicyclic) bond motifs is 1. The van der Waals surface area contributed by atoms with Crippen molar-refractivity contribution in [2.24, 2.45) is 7.05 Å². The maximum Gasteiger partial charge on any atom is 0.335 e. The van der Waals surface area contributed by atoms with Gasteiger partial charge in [0, 0.05) is 26.3 Å². The van der Waals surface area contributed by atoms with Crippen molar-refractivity contribution in [2.75, 3.05) is 0 Å². The number of aromatic carboxylic acids is 1. The highest BCUT2D eigenvalue weighted by molar-refractivity contribution is 5.93. The predicted octanol–water partition coefficient (Wildman–Crippen LogP) is 1.27. The van der Waals surface area contributed by atoms with Crippen molar-refractivity contribution in [3.63, 3.8) is 0 Å². The van der Waals surface area contributed by atoms with Gasteiger partial charge in [-0.05, 0) is 29.3 Å². The predicted molar refractivity (Wildman–Crippen MR) is 70.2 cm³/mol. The third-order valence-corrected chi connectivity index (χ3v) is 3.50. The fraction of sp³-hybridized carbons (Fsp3) is 0.214. The molecule has 0 aliphatic carbocycles. The third kappa shape index (κ3) is 1.95. The summed E-state index contributed by atoms with van der Waals surface area (Å²) >= 11 is 0. The first-order valence-electron chi connectivity index (χ1n) is 6.18. The molecular formula is C14H13N3O3. The van der Waals surface area contributed by atoms with Gasteiger partial charge in [-0.25, -0.2) is 4.79 Å². The van der Waals surface area contributed by atoms with Crippen LogP contribution in [0.1, 0.15) is 32.0 Å². The Labute approximate surface area is 115 Å². The van der Waals surface area contributed by atoms with E-state index in [1.54, 1.807) is 42.4 Å². The lowest BCUT2D eigenvalue weighted by molar-refractivity contribution is 0.0696. The van der Waals surface area contributed by atoms with Gasteiger partial charge in [0.05, 0.1) is 5.56 Å². The molecule has 0 unspecified atom stereocenters. The second kappa shape index (κ2) is 4.48. The Balaban J connectivity index is 1.85. The van der Waals surface area contributed by atoms with Crippen LogP contribution in [0.3, 0.4) is 0 Å². The van der Waals surface area contributed by atoms with Crippen molar-refractivity contribution in [3.05, 3.63) is 52.8 Å². The summed E-state index contributed by atoms with van der Waals surface area (Å²) < 4.78 is 1.54. The van der Waals surface area contributed by atoms with Crippen LogP contribution >= 0.6 is 0 Å². The summed E-state index contributed by atoms with van der Waals surface area (Å²) in [5, 5.41) is 13.0. The molecule has 0 saturated heterocycles. The number of carboxylic acids is 1. The van der Waals surface area contributed by atoms with E-state index >= 15 is 0 Å². The summed E-state index contributed by atoms with van der Waals surface area (Å²) in [6.45, 7) is 0.930. The van der Waals surface area contributed by atoms with Crippen molar-refractivity contribution in [1.82, 2.24) is 14.7 Å². The van der Waals surface area contributed by atoms with E-state index in [0.717, 1.165) is 11.1 Å². The Bertz CT molecular complexity index is 705. The molecule has 1 amide bonds. The van der Waals surface area contributed by atoms with Gasteiger partial charge in [0.15, 0.2) is 0 Å². The molecule has 0 bridgehead atoms. The Morgan fingerprint density at radius 3 is 2.60 bits per heavy atom. The molecule has 0 radical (unpaired) electrons. The SMILES string of the molecule is Cn1nccc1C(=O)N1Cc2ccc(C(=O)O)cc2C1. The molecule has 3 rings (SSSR count). The van der Waals surface area contributed by atoms with Crippen LogP contribution in [0, 0.1) is 0 Å². The molecule has 1 aliphatic rings. The maximum absolute atomic E-state index is 12.4. The van der Waals surface area contributed by atoms with E-state index in [1.807, 2.05) is 0 Å². The Morgan fingerprint density at radius 1 is 1.20 bits per heavy atom. The maximum atomic E-state index is 12.4. The van der Waals surface area contributed by atoms with Crippen molar-refractivity contribution >= 4 is 11.9 Å². The zero-order valence-corrected chi connectivity index (χ0v) is 10.9. The summed E-state index contributed by atoms with van der Waals surface area (Å²) in [5.74, 6) is -1.05. The average molecular weight is 271 g/mol. The lowest BCUT2D eigenvalue weighted by Crippen LogP contribution is -2.27. The Kier molecular flexibility index (Phi) is 2.78. The molecular weight excluding hydrogens is 258 g/mol. The van der Waals surface area contributed by atoms with E-state index in [2.05, 4.69) is 5.10 Å². The van der Waals surface area contributed by atoms with Gasteiger partial charge in [-0.2, -0.15) is 5.10 Å². The number of hydrogen-bond donors (Lipinski definition) is 1. The van der Waals surface area contributed by atoms with E-state index in [9.17, 15) is 9.59 Å². The number of rotatable bonds is 2. The van der Waals surface area contributed by atoms with E-state index in [4.69, 9.17) is 5.11 Å². The van der Waals surface area contributed by atoms with Crippen molar-refractivity contribution in [1.29, 1.82) is 0 Å². The van der Waals surface area contributed by atoms with Crippen LogP contribution in [-0.2, 0) is 20.1 Å². The Hall–Kier alpha value is -2.63. The monoisotopic (exact) mass is 271 g/mol. The number of carboxylic acid groups (broad SMARTS) is 1. The number of aryl methyl sites for hydroxylation is 1. The molecule has 0 atom stereocenters. The number of carbonyl (C=O) groups is 2. The number of aromatic nitrogens is 2. The van der Waals surface area contributed by atoms with Gasteiger partial charge < -0.3 is 10.0 Å². The highest BCUT2D eigenvalue weighted by atomic mass is 16.4. The minimum Gasteiger partial charge on any atom is -0.478 e. The number of hydrogen-bond acceptors (Lipinski definition) is 3. The van der Waals surface area contributed by atoms with Gasteiger partial charge in [-0.1, -0.05) is 6.07 Å². The summed E-state index contributed by atoms with van der Waals surface area (Å²) in [4.78, 5) is 25.0. The number of amides is 1. The number of carbonyl (C=O) groups excluding carboxylic acids is 1. The fourth-order valence-electron chi connectivity index (χ4n) is 2.42. The number of benzene rings is 1. The molecule has 1 aromatic heterocycles. The van der Waals surface area contributed by atoms with Crippen molar-refractivity contribution in [2.45, 2.75) is 13.1 Å². The topological polar surface area (TPSA) is 75.4 Å². The molecule has 6 heteroatoms. The van der Waals surface area contributed by atoms with Crippen LogP contribution in [0.2, 0.25) is 0 Å². The van der Waals surface area contributed by atoms with Crippen LogP contribution in [0.5, 0.6) is 0 Å². The molecule has 0 spiro atoms. The first-order valence-corrected chi connectivity index (χ1v) is 6.18. The molecule has 0 saturated carbocycles. The van der Waals surface area contributed by atoms with E-state index in [-0.39, 0.29) is 11.5 Å². The molecule has 1 aliphatic heterocycles. The summed E-state index contributed by atoms with van der Waals surface area (Å²) in [7, 11) is 1.72. The van der Waals surface area contributed by atoms with Crippen LogP contribution in [0.4, 0.5) is 0 Å². The number of nitrogens with zero attached hydrogens (tertiary/aromatic N) is 3. The molecule has 2 heterocycles. The fourth-order valence-corrected chi connectivity index (χ4v) is 2.42. The average Bonchev–Trinajstić information content (AvgIpc) is 3.02. The lowest BCUT2D eigenvalue weighted by atomic mass is 10.1. The first kappa shape index (κ1) is 12.4. The molecule has 0 fully saturated rings. The highest BCUT2D eigenvalue weighted by Crippen LogP contribution is 2.25. The normalized spacial score (nSPS) is 13.3. The minimum atomic E-state index is -0.954. The third-order valence-electron chi connectivity index (χ3n) is 3.50. The van der Waals surface area contributed by atoms with Crippen LogP contribution in [0.25, 0.3) is 0 Å². The molecule has 2 aromatic rings. The van der Waals surface area contributed by atoms with Crippen molar-refractivity contribution < 1.29 is 14.7 Å². The van der Waals surface area contributed by atoms with Gasteiger partial charge in [0.25, 0.3) is 5.91 Å². The Morgan fingerprint density at radius 2 is 1.95 bits per heavy atom. The summed E-state index contributed by atoms with van der Waals surface area (Å²) in [6, 6.07) is 6.65. The molecule has 102 valence electrons. The van der Waals surface area contributed by atoms with Crippen LogP contribution < -0.4 is 0 Å². The molecule has 6 nitrogen and oxygen atoms in total. The van der Waals surface area contributed by atoms with E-state index in [0.29, 0.717) is 18.8 Å². The summed E-state index contributed by atoms with van der Waals surface area (Å²) in [6.07, 6.45) is 1.58. The lowest BCUT2D eigenvalue weighted by Gasteiger charge is -2.15. The molecule has 1 N–H and O–H groups in total. The van der Waals surface area contributed by atoms with E-state index in [1.165, 1.54) is 4.68 Å². The quantitative estimate of drug-likeness (QED) is 0.892. The summed E-state index contributed by atoms with van der Waals surface area (Å²) in [5.41, 5.74) is 2.65. The smallest absolute Gasteiger partial charge is 0.335 e. The second-order valence-corrected chi connectivity index (χ2v) is 4.79.